The van der Waals surface area contributed by atoms with Crippen LogP contribution in [0.4, 0.5) is 4.39 Å². The summed E-state index contributed by atoms with van der Waals surface area (Å²) in [5.74, 6) is 1.08. The van der Waals surface area contributed by atoms with Gasteiger partial charge < -0.3 is 10.1 Å². The van der Waals surface area contributed by atoms with E-state index in [2.05, 4.69) is 35.1 Å². The van der Waals surface area contributed by atoms with Crippen molar-refractivity contribution in [2.45, 2.75) is 19.9 Å². The smallest absolute Gasteiger partial charge is 0.141 e. The van der Waals surface area contributed by atoms with Gasteiger partial charge in [-0.3, -0.25) is 0 Å². The molecule has 0 radical (unpaired) electrons. The summed E-state index contributed by atoms with van der Waals surface area (Å²) in [6, 6.07) is 12.4. The molecule has 0 saturated heterocycles. The molecule has 0 amide bonds. The molecule has 1 atom stereocenters. The largest absolute Gasteiger partial charge is 0.456 e. The van der Waals surface area contributed by atoms with Crippen molar-refractivity contribution in [3.63, 3.8) is 0 Å². The third kappa shape index (κ3) is 3.58. The van der Waals surface area contributed by atoms with Crippen molar-refractivity contribution in [3.8, 4) is 11.5 Å². The Morgan fingerprint density at radius 2 is 1.95 bits per heavy atom. The molecule has 4 heteroatoms. The van der Waals surface area contributed by atoms with Crippen molar-refractivity contribution < 1.29 is 9.13 Å². The maximum absolute atomic E-state index is 13.1. The number of halogens is 2. The Morgan fingerprint density at radius 1 is 1.20 bits per heavy atom. The Morgan fingerprint density at radius 3 is 2.65 bits per heavy atom. The lowest BCUT2D eigenvalue weighted by atomic mass is 10.1. The fourth-order valence-corrected chi connectivity index (χ4v) is 2.46. The van der Waals surface area contributed by atoms with E-state index in [0.717, 1.165) is 17.9 Å². The lowest BCUT2D eigenvalue weighted by Gasteiger charge is -2.17. The molecule has 0 heterocycles. The van der Waals surface area contributed by atoms with E-state index in [1.165, 1.54) is 12.1 Å². The van der Waals surface area contributed by atoms with Gasteiger partial charge in [0.25, 0.3) is 0 Å². The standard InChI is InChI=1S/C16H17BrFNO/c1-3-19-11(2)13-6-4-5-7-15(13)20-16-9-8-12(18)10-14(16)17/h4-11,19H,3H2,1-2H3. The van der Waals surface area contributed by atoms with Crippen LogP contribution in [0.25, 0.3) is 0 Å². The van der Waals surface area contributed by atoms with Gasteiger partial charge in [-0.25, -0.2) is 4.39 Å². The molecule has 1 N–H and O–H groups in total. The van der Waals surface area contributed by atoms with E-state index in [-0.39, 0.29) is 11.9 Å². The number of para-hydroxylation sites is 1. The Kier molecular flexibility index (Phi) is 5.15. The second-order valence-corrected chi connectivity index (χ2v) is 5.35. The molecule has 20 heavy (non-hydrogen) atoms. The highest BCUT2D eigenvalue weighted by Crippen LogP contribution is 2.33. The van der Waals surface area contributed by atoms with E-state index in [9.17, 15) is 4.39 Å². The van der Waals surface area contributed by atoms with Gasteiger partial charge in [-0.1, -0.05) is 25.1 Å². The molecular formula is C16H17BrFNO. The Balaban J connectivity index is 2.29. The topological polar surface area (TPSA) is 21.3 Å². The van der Waals surface area contributed by atoms with Gasteiger partial charge in [0.1, 0.15) is 17.3 Å². The summed E-state index contributed by atoms with van der Waals surface area (Å²) in [6.07, 6.45) is 0. The van der Waals surface area contributed by atoms with Crippen LogP contribution >= 0.6 is 15.9 Å². The zero-order valence-electron chi connectivity index (χ0n) is 11.5. The predicted molar refractivity (Wildman–Crippen MR) is 82.7 cm³/mol. The molecule has 0 aliphatic carbocycles. The number of rotatable bonds is 5. The Labute approximate surface area is 127 Å². The quantitative estimate of drug-likeness (QED) is 0.824. The fourth-order valence-electron chi connectivity index (χ4n) is 2.02. The van der Waals surface area contributed by atoms with Gasteiger partial charge >= 0.3 is 0 Å². The average Bonchev–Trinajstić information content (AvgIpc) is 2.43. The van der Waals surface area contributed by atoms with Crippen molar-refractivity contribution in [1.29, 1.82) is 0 Å². The number of nitrogens with one attached hydrogen (secondary N) is 1. The molecule has 0 aliphatic heterocycles. The van der Waals surface area contributed by atoms with Crippen LogP contribution in [0, 0.1) is 5.82 Å². The lowest BCUT2D eigenvalue weighted by molar-refractivity contribution is 0.459. The summed E-state index contributed by atoms with van der Waals surface area (Å²) < 4.78 is 19.6. The van der Waals surface area contributed by atoms with Crippen LogP contribution < -0.4 is 10.1 Å². The first-order chi connectivity index (χ1) is 9.61. The molecule has 0 bridgehead atoms. The van der Waals surface area contributed by atoms with Crippen LogP contribution in [0.2, 0.25) is 0 Å². The highest BCUT2D eigenvalue weighted by atomic mass is 79.9. The van der Waals surface area contributed by atoms with Gasteiger partial charge in [0.05, 0.1) is 4.47 Å². The molecular weight excluding hydrogens is 321 g/mol. The first-order valence-corrected chi connectivity index (χ1v) is 7.36. The van der Waals surface area contributed by atoms with Crippen molar-refractivity contribution in [3.05, 3.63) is 58.3 Å². The fraction of sp³-hybridized carbons (Fsp3) is 0.250. The first-order valence-electron chi connectivity index (χ1n) is 6.57. The summed E-state index contributed by atoms with van der Waals surface area (Å²) in [5.41, 5.74) is 1.07. The maximum Gasteiger partial charge on any atom is 0.141 e. The highest BCUT2D eigenvalue weighted by Gasteiger charge is 2.12. The van der Waals surface area contributed by atoms with Crippen LogP contribution in [0.3, 0.4) is 0 Å². The highest BCUT2D eigenvalue weighted by molar-refractivity contribution is 9.10. The van der Waals surface area contributed by atoms with Gasteiger partial charge in [0.2, 0.25) is 0 Å². The molecule has 0 aliphatic rings. The Bertz CT molecular complexity index is 588. The van der Waals surface area contributed by atoms with Crippen molar-refractivity contribution in [2.75, 3.05) is 6.54 Å². The summed E-state index contributed by atoms with van der Waals surface area (Å²) in [6.45, 7) is 5.04. The molecule has 2 rings (SSSR count). The molecule has 0 aromatic heterocycles. The zero-order chi connectivity index (χ0) is 14.5. The Hall–Kier alpha value is -1.39. The second kappa shape index (κ2) is 6.86. The summed E-state index contributed by atoms with van der Waals surface area (Å²) in [4.78, 5) is 0. The van der Waals surface area contributed by atoms with E-state index in [1.807, 2.05) is 24.3 Å². The average molecular weight is 338 g/mol. The summed E-state index contributed by atoms with van der Waals surface area (Å²) in [7, 11) is 0. The van der Waals surface area contributed by atoms with Crippen LogP contribution in [0.5, 0.6) is 11.5 Å². The van der Waals surface area contributed by atoms with Gasteiger partial charge in [-0.2, -0.15) is 0 Å². The third-order valence-electron chi connectivity index (χ3n) is 3.01. The molecule has 0 fully saturated rings. The molecule has 0 spiro atoms. The molecule has 2 nitrogen and oxygen atoms in total. The minimum Gasteiger partial charge on any atom is -0.456 e. The van der Waals surface area contributed by atoms with Gasteiger partial charge in [0.15, 0.2) is 0 Å². The monoisotopic (exact) mass is 337 g/mol. The second-order valence-electron chi connectivity index (χ2n) is 4.49. The van der Waals surface area contributed by atoms with E-state index in [4.69, 9.17) is 4.74 Å². The lowest BCUT2D eigenvalue weighted by Crippen LogP contribution is -2.18. The summed E-state index contributed by atoms with van der Waals surface area (Å²) in [5, 5.41) is 3.36. The van der Waals surface area contributed by atoms with Crippen LogP contribution in [0.1, 0.15) is 25.5 Å². The molecule has 1 unspecified atom stereocenters. The van der Waals surface area contributed by atoms with E-state index in [0.29, 0.717) is 10.2 Å². The minimum atomic E-state index is -0.293. The van der Waals surface area contributed by atoms with Gasteiger partial charge in [-0.05, 0) is 53.7 Å². The number of hydrogen-bond donors (Lipinski definition) is 1. The van der Waals surface area contributed by atoms with Crippen molar-refractivity contribution in [1.82, 2.24) is 5.32 Å². The molecule has 2 aromatic carbocycles. The van der Waals surface area contributed by atoms with Gasteiger partial charge in [-0.15, -0.1) is 0 Å². The minimum absolute atomic E-state index is 0.190. The van der Waals surface area contributed by atoms with Gasteiger partial charge in [0, 0.05) is 11.6 Å². The molecule has 0 saturated carbocycles. The normalized spacial score (nSPS) is 12.2. The number of ether oxygens (including phenoxy) is 1. The maximum atomic E-state index is 13.1. The van der Waals surface area contributed by atoms with Crippen molar-refractivity contribution >= 4 is 15.9 Å². The SMILES string of the molecule is CCNC(C)c1ccccc1Oc1ccc(F)cc1Br. The van der Waals surface area contributed by atoms with Crippen LogP contribution in [0.15, 0.2) is 46.9 Å². The van der Waals surface area contributed by atoms with Crippen LogP contribution in [-0.4, -0.2) is 6.54 Å². The molecule has 2 aromatic rings. The van der Waals surface area contributed by atoms with Crippen LogP contribution in [-0.2, 0) is 0 Å². The zero-order valence-corrected chi connectivity index (χ0v) is 13.1. The first kappa shape index (κ1) is 15.0. The number of benzene rings is 2. The van der Waals surface area contributed by atoms with E-state index in [1.54, 1.807) is 6.07 Å². The van der Waals surface area contributed by atoms with E-state index >= 15 is 0 Å². The third-order valence-corrected chi connectivity index (χ3v) is 3.63. The predicted octanol–water partition coefficient (Wildman–Crippen LogP) is 5.05. The van der Waals surface area contributed by atoms with Crippen molar-refractivity contribution in [2.24, 2.45) is 0 Å². The summed E-state index contributed by atoms with van der Waals surface area (Å²) >= 11 is 3.32. The molecule has 106 valence electrons. The number of hydrogen-bond acceptors (Lipinski definition) is 2. The van der Waals surface area contributed by atoms with E-state index < -0.39 is 0 Å².